The van der Waals surface area contributed by atoms with Crippen LogP contribution in [0.15, 0.2) is 18.3 Å². The first-order chi connectivity index (χ1) is 9.81. The minimum Gasteiger partial charge on any atom is -0.394 e. The summed E-state index contributed by atoms with van der Waals surface area (Å²) >= 11 is 0. The fourth-order valence-corrected chi connectivity index (χ4v) is 2.30. The number of amides is 1. The van der Waals surface area contributed by atoms with E-state index in [-0.39, 0.29) is 31.5 Å². The Morgan fingerprint density at radius 2 is 2.24 bits per heavy atom. The van der Waals surface area contributed by atoms with Crippen molar-refractivity contribution in [1.82, 2.24) is 9.47 Å². The molecule has 2 rings (SSSR count). The number of hydrogen-bond donors (Lipinski definition) is 1. The summed E-state index contributed by atoms with van der Waals surface area (Å²) in [6.07, 6.45) is -3.66. The third-order valence-corrected chi connectivity index (χ3v) is 3.37. The molecule has 0 spiro atoms. The first-order valence-corrected chi connectivity index (χ1v) is 6.57. The Balaban J connectivity index is 2.17. The molecule has 0 aromatic carbocycles. The number of morpholine rings is 1. The molecule has 21 heavy (non-hydrogen) atoms. The van der Waals surface area contributed by atoms with Crippen LogP contribution in [0.3, 0.4) is 0 Å². The molecule has 1 aliphatic heterocycles. The van der Waals surface area contributed by atoms with Crippen LogP contribution in [0.2, 0.25) is 0 Å². The van der Waals surface area contributed by atoms with Gasteiger partial charge in [0.1, 0.15) is 12.2 Å². The Morgan fingerprint density at radius 1 is 1.52 bits per heavy atom. The predicted molar refractivity (Wildman–Crippen MR) is 67.8 cm³/mol. The summed E-state index contributed by atoms with van der Waals surface area (Å²) in [5.41, 5.74) is -0.0160. The number of aliphatic hydroxyl groups excluding tert-OH is 1. The van der Waals surface area contributed by atoms with Crippen LogP contribution in [-0.2, 0) is 11.3 Å². The van der Waals surface area contributed by atoms with Crippen molar-refractivity contribution < 1.29 is 27.8 Å². The topological polar surface area (TPSA) is 54.7 Å². The van der Waals surface area contributed by atoms with Crippen molar-refractivity contribution in [2.24, 2.45) is 0 Å². The first kappa shape index (κ1) is 15.8. The number of carbonyl (C=O) groups is 1. The molecule has 2 unspecified atom stereocenters. The van der Waals surface area contributed by atoms with E-state index < -0.39 is 24.7 Å². The highest BCUT2D eigenvalue weighted by molar-refractivity contribution is 5.93. The van der Waals surface area contributed by atoms with Crippen molar-refractivity contribution in [3.8, 4) is 0 Å². The van der Waals surface area contributed by atoms with Crippen LogP contribution in [0.5, 0.6) is 0 Å². The standard InChI is InChI=1S/C13H17F3N2O3/c1-9-7-21-10(6-19)5-18(9)12(20)11-3-2-4-17(11)8-13(14,15)16/h2-4,9-10,19H,5-8H2,1H3. The van der Waals surface area contributed by atoms with Gasteiger partial charge in [-0.15, -0.1) is 0 Å². The Hall–Kier alpha value is -1.54. The minimum absolute atomic E-state index is 0.0160. The average Bonchev–Trinajstić information content (AvgIpc) is 2.84. The minimum atomic E-state index is -4.39. The van der Waals surface area contributed by atoms with Crippen LogP contribution < -0.4 is 0 Å². The molecule has 2 heterocycles. The van der Waals surface area contributed by atoms with Crippen LogP contribution in [0.25, 0.3) is 0 Å². The lowest BCUT2D eigenvalue weighted by molar-refractivity contribution is -0.140. The highest BCUT2D eigenvalue weighted by Gasteiger charge is 2.33. The van der Waals surface area contributed by atoms with E-state index >= 15 is 0 Å². The van der Waals surface area contributed by atoms with Crippen molar-refractivity contribution in [2.45, 2.75) is 31.8 Å². The molecule has 1 N–H and O–H groups in total. The zero-order valence-corrected chi connectivity index (χ0v) is 11.5. The van der Waals surface area contributed by atoms with Crippen LogP contribution in [-0.4, -0.2) is 58.6 Å². The van der Waals surface area contributed by atoms with Gasteiger partial charge in [0.2, 0.25) is 0 Å². The summed E-state index contributed by atoms with van der Waals surface area (Å²) in [6, 6.07) is 2.52. The number of rotatable bonds is 3. The zero-order chi connectivity index (χ0) is 15.6. The lowest BCUT2D eigenvalue weighted by Crippen LogP contribution is -2.52. The van der Waals surface area contributed by atoms with Gasteiger partial charge < -0.3 is 19.3 Å². The Kier molecular flexibility index (Phi) is 4.58. The second kappa shape index (κ2) is 6.07. The molecule has 0 radical (unpaired) electrons. The number of aromatic nitrogens is 1. The maximum Gasteiger partial charge on any atom is 0.406 e. The SMILES string of the molecule is CC1COC(CO)CN1C(=O)c1cccn1CC(F)(F)F. The largest absolute Gasteiger partial charge is 0.406 e. The summed E-state index contributed by atoms with van der Waals surface area (Å²) in [6.45, 7) is 0.719. The summed E-state index contributed by atoms with van der Waals surface area (Å²) in [5, 5.41) is 9.10. The number of halogens is 3. The third kappa shape index (κ3) is 3.76. The smallest absolute Gasteiger partial charge is 0.394 e. The fraction of sp³-hybridized carbons (Fsp3) is 0.615. The normalized spacial score (nSPS) is 23.4. The average molecular weight is 306 g/mol. The molecule has 1 aromatic heterocycles. The fourth-order valence-electron chi connectivity index (χ4n) is 2.30. The van der Waals surface area contributed by atoms with Gasteiger partial charge in [0.05, 0.1) is 25.4 Å². The summed E-state index contributed by atoms with van der Waals surface area (Å²) in [4.78, 5) is 13.9. The van der Waals surface area contributed by atoms with E-state index in [1.54, 1.807) is 6.92 Å². The van der Waals surface area contributed by atoms with E-state index in [9.17, 15) is 18.0 Å². The maximum absolute atomic E-state index is 12.5. The van der Waals surface area contributed by atoms with Gasteiger partial charge in [0, 0.05) is 12.7 Å². The van der Waals surface area contributed by atoms with E-state index in [1.165, 1.54) is 23.2 Å². The number of ether oxygens (including phenoxy) is 1. The molecule has 8 heteroatoms. The monoisotopic (exact) mass is 306 g/mol. The van der Waals surface area contributed by atoms with Crippen molar-refractivity contribution in [1.29, 1.82) is 0 Å². The molecular weight excluding hydrogens is 289 g/mol. The second-order valence-corrected chi connectivity index (χ2v) is 5.08. The van der Waals surface area contributed by atoms with Gasteiger partial charge in [-0.2, -0.15) is 13.2 Å². The van der Waals surface area contributed by atoms with Gasteiger partial charge in [-0.05, 0) is 19.1 Å². The molecule has 1 fully saturated rings. The highest BCUT2D eigenvalue weighted by atomic mass is 19.4. The van der Waals surface area contributed by atoms with E-state index in [4.69, 9.17) is 9.84 Å². The summed E-state index contributed by atoms with van der Waals surface area (Å²) in [7, 11) is 0. The molecular formula is C13H17F3N2O3. The zero-order valence-electron chi connectivity index (χ0n) is 11.5. The van der Waals surface area contributed by atoms with E-state index in [2.05, 4.69) is 0 Å². The molecule has 1 saturated heterocycles. The molecule has 5 nitrogen and oxygen atoms in total. The first-order valence-electron chi connectivity index (χ1n) is 6.57. The van der Waals surface area contributed by atoms with Gasteiger partial charge >= 0.3 is 6.18 Å². The molecule has 1 aliphatic rings. The Morgan fingerprint density at radius 3 is 2.86 bits per heavy atom. The number of aliphatic hydroxyl groups is 1. The quantitative estimate of drug-likeness (QED) is 0.915. The van der Waals surface area contributed by atoms with Crippen molar-refractivity contribution >= 4 is 5.91 Å². The summed E-state index contributed by atoms with van der Waals surface area (Å²) < 4.78 is 43.7. The van der Waals surface area contributed by atoms with Crippen molar-refractivity contribution in [3.05, 3.63) is 24.0 Å². The third-order valence-electron chi connectivity index (χ3n) is 3.37. The molecule has 0 bridgehead atoms. The van der Waals surface area contributed by atoms with Gasteiger partial charge in [0.15, 0.2) is 0 Å². The van der Waals surface area contributed by atoms with Crippen molar-refractivity contribution in [2.75, 3.05) is 19.8 Å². The second-order valence-electron chi connectivity index (χ2n) is 5.08. The highest BCUT2D eigenvalue weighted by Crippen LogP contribution is 2.21. The van der Waals surface area contributed by atoms with Gasteiger partial charge in [-0.3, -0.25) is 4.79 Å². The maximum atomic E-state index is 12.5. The molecule has 1 amide bonds. The van der Waals surface area contributed by atoms with E-state index in [0.717, 1.165) is 4.57 Å². The molecule has 2 atom stereocenters. The molecule has 0 saturated carbocycles. The molecule has 118 valence electrons. The van der Waals surface area contributed by atoms with Crippen LogP contribution in [0.4, 0.5) is 13.2 Å². The number of carbonyl (C=O) groups excluding carboxylic acids is 1. The van der Waals surface area contributed by atoms with Gasteiger partial charge in [0.25, 0.3) is 5.91 Å². The van der Waals surface area contributed by atoms with E-state index in [0.29, 0.717) is 0 Å². The Bertz CT molecular complexity index is 501. The van der Waals surface area contributed by atoms with Crippen molar-refractivity contribution in [3.63, 3.8) is 0 Å². The molecule has 0 aliphatic carbocycles. The number of alkyl halides is 3. The van der Waals surface area contributed by atoms with E-state index in [1.807, 2.05) is 0 Å². The van der Waals surface area contributed by atoms with Crippen LogP contribution >= 0.6 is 0 Å². The van der Waals surface area contributed by atoms with Gasteiger partial charge in [-0.25, -0.2) is 0 Å². The number of hydrogen-bond acceptors (Lipinski definition) is 3. The lowest BCUT2D eigenvalue weighted by Gasteiger charge is -2.37. The van der Waals surface area contributed by atoms with Gasteiger partial charge in [-0.1, -0.05) is 0 Å². The van der Waals surface area contributed by atoms with Crippen LogP contribution in [0.1, 0.15) is 17.4 Å². The lowest BCUT2D eigenvalue weighted by atomic mass is 10.2. The predicted octanol–water partition coefficient (Wildman–Crippen LogP) is 1.27. The molecule has 1 aromatic rings. The van der Waals surface area contributed by atoms with Crippen LogP contribution in [0, 0.1) is 0 Å². The summed E-state index contributed by atoms with van der Waals surface area (Å²) in [5.74, 6) is -0.487. The number of nitrogens with zero attached hydrogens (tertiary/aromatic N) is 2. The Labute approximate surface area is 119 Å².